The van der Waals surface area contributed by atoms with Gasteiger partial charge in [-0.05, 0) is 32.1 Å². The number of carboxylic acids is 5. The van der Waals surface area contributed by atoms with E-state index in [1.807, 2.05) is 0 Å². The molecule has 0 aliphatic carbocycles. The maximum absolute atomic E-state index is 10.3. The van der Waals surface area contributed by atoms with E-state index in [4.69, 9.17) is 25.5 Å². The van der Waals surface area contributed by atoms with Crippen molar-refractivity contribution in [3.05, 3.63) is 0 Å². The van der Waals surface area contributed by atoms with Crippen molar-refractivity contribution < 1.29 is 49.5 Å². The summed E-state index contributed by atoms with van der Waals surface area (Å²) in [5.74, 6) is -3.30. The van der Waals surface area contributed by atoms with E-state index in [0.717, 1.165) is 64.2 Å². The van der Waals surface area contributed by atoms with E-state index in [1.165, 1.54) is 225 Å². The van der Waals surface area contributed by atoms with Crippen molar-refractivity contribution in [2.24, 2.45) is 0 Å². The molecule has 10 nitrogen and oxygen atoms in total. The standard InChI is InChI=1S/C16H32O2.C14H28O2.C12H24O2.C10H20O2.C8H16O2/c1-2-3-4-5-6-7-8-9-10-11-12-13-14-15-16(17)18;1-2-3-4-5-6-7-8-9-10-11-12-13-14(15)16;1-2-3-4-5-6-7-8-9-10-11-12(13)14;1-2-3-4-5-6-7-8-9-10(11)12;1-2-3-4-5-6-7-8(9)10/h2-15H2,1H3,(H,17,18);2-13H2,1H3,(H,15,16);2-11H2,1H3,(H,13,14);2-9H2,1H3,(H,11,12);2-7H2,1H3,(H,9,10). The van der Waals surface area contributed by atoms with E-state index in [-0.39, 0.29) is 0 Å². The van der Waals surface area contributed by atoms with Gasteiger partial charge in [-0.25, -0.2) is 0 Å². The Labute approximate surface area is 433 Å². The molecule has 0 amide bonds. The minimum absolute atomic E-state index is 0.337. The van der Waals surface area contributed by atoms with Crippen LogP contribution < -0.4 is 0 Å². The lowest BCUT2D eigenvalue weighted by molar-refractivity contribution is -0.138. The van der Waals surface area contributed by atoms with Gasteiger partial charge in [0.15, 0.2) is 0 Å². The smallest absolute Gasteiger partial charge is 0.303 e. The zero-order chi connectivity index (χ0) is 53.2. The molecule has 0 aromatic heterocycles. The van der Waals surface area contributed by atoms with Crippen molar-refractivity contribution in [1.82, 2.24) is 0 Å². The quantitative estimate of drug-likeness (QED) is 0.0367. The van der Waals surface area contributed by atoms with E-state index in [9.17, 15) is 24.0 Å². The summed E-state index contributed by atoms with van der Waals surface area (Å²) in [4.78, 5) is 50.9. The minimum Gasteiger partial charge on any atom is -0.481 e. The normalized spacial score (nSPS) is 10.4. The predicted octanol–water partition coefficient (Wildman–Crippen LogP) is 20.0. The maximum Gasteiger partial charge on any atom is 0.303 e. The third-order valence-electron chi connectivity index (χ3n) is 12.5. The Morgan fingerprint density at radius 1 is 0.171 bits per heavy atom. The van der Waals surface area contributed by atoms with Crippen molar-refractivity contribution in [3.8, 4) is 0 Å². The van der Waals surface area contributed by atoms with Crippen molar-refractivity contribution in [2.75, 3.05) is 0 Å². The number of aliphatic carboxylic acids is 5. The van der Waals surface area contributed by atoms with Crippen molar-refractivity contribution in [2.45, 2.75) is 356 Å². The summed E-state index contributed by atoms with van der Waals surface area (Å²) in [6, 6.07) is 0. The summed E-state index contributed by atoms with van der Waals surface area (Å²) in [5.41, 5.74) is 0. The van der Waals surface area contributed by atoms with Crippen molar-refractivity contribution in [1.29, 1.82) is 0 Å². The van der Waals surface area contributed by atoms with Crippen LogP contribution in [-0.2, 0) is 24.0 Å². The second-order valence-electron chi connectivity index (χ2n) is 19.9. The molecule has 0 saturated heterocycles. The second kappa shape index (κ2) is 72.9. The van der Waals surface area contributed by atoms with Crippen molar-refractivity contribution >= 4 is 29.8 Å². The Morgan fingerprint density at radius 3 is 0.343 bits per heavy atom. The molecule has 0 radical (unpaired) electrons. The molecule has 420 valence electrons. The molecule has 0 aliphatic rings. The summed E-state index contributed by atoms with van der Waals surface area (Å²) in [6.07, 6.45) is 57.6. The first-order valence-electron chi connectivity index (χ1n) is 29.9. The Bertz CT molecular complexity index is 1030. The van der Waals surface area contributed by atoms with Gasteiger partial charge in [0.25, 0.3) is 0 Å². The highest BCUT2D eigenvalue weighted by molar-refractivity contribution is 5.67. The van der Waals surface area contributed by atoms with E-state index < -0.39 is 29.8 Å². The molecule has 0 heterocycles. The fourth-order valence-corrected chi connectivity index (χ4v) is 7.93. The van der Waals surface area contributed by atoms with E-state index in [1.54, 1.807) is 0 Å². The van der Waals surface area contributed by atoms with Gasteiger partial charge in [0.1, 0.15) is 0 Å². The van der Waals surface area contributed by atoms with Crippen LogP contribution in [0.1, 0.15) is 356 Å². The van der Waals surface area contributed by atoms with Gasteiger partial charge in [0.2, 0.25) is 0 Å². The Kier molecular flexibility index (Phi) is 79.4. The van der Waals surface area contributed by atoms with Crippen LogP contribution in [0.2, 0.25) is 0 Å². The first-order valence-corrected chi connectivity index (χ1v) is 29.9. The fraction of sp³-hybridized carbons (Fsp3) is 0.917. The lowest BCUT2D eigenvalue weighted by Gasteiger charge is -2.02. The molecule has 0 aromatic carbocycles. The molecule has 0 fully saturated rings. The average Bonchev–Trinajstić information content (AvgIpc) is 3.32. The first-order chi connectivity index (χ1) is 33.9. The van der Waals surface area contributed by atoms with Gasteiger partial charge in [-0.3, -0.25) is 24.0 Å². The molecule has 0 saturated carbocycles. The summed E-state index contributed by atoms with van der Waals surface area (Å²) in [7, 11) is 0. The molecule has 0 unspecified atom stereocenters. The van der Waals surface area contributed by atoms with Crippen LogP contribution in [0.25, 0.3) is 0 Å². The maximum atomic E-state index is 10.3. The molecule has 10 heteroatoms. The third kappa shape index (κ3) is 98.7. The van der Waals surface area contributed by atoms with Crippen LogP contribution in [0.3, 0.4) is 0 Å². The van der Waals surface area contributed by atoms with Gasteiger partial charge in [-0.2, -0.15) is 0 Å². The van der Waals surface area contributed by atoms with Gasteiger partial charge in [0.05, 0.1) is 0 Å². The monoisotopic (exact) mass is 1000 g/mol. The first kappa shape index (κ1) is 76.3. The highest BCUT2D eigenvalue weighted by Gasteiger charge is 2.00. The minimum atomic E-state index is -0.670. The van der Waals surface area contributed by atoms with Crippen LogP contribution in [0.4, 0.5) is 0 Å². The number of hydrogen-bond acceptors (Lipinski definition) is 5. The van der Waals surface area contributed by atoms with Gasteiger partial charge >= 0.3 is 29.8 Å². The molecule has 0 aliphatic heterocycles. The van der Waals surface area contributed by atoms with Crippen LogP contribution in [0.5, 0.6) is 0 Å². The second-order valence-corrected chi connectivity index (χ2v) is 19.9. The number of carboxylic acid groups (broad SMARTS) is 5. The summed E-state index contributed by atoms with van der Waals surface area (Å²) < 4.78 is 0. The zero-order valence-corrected chi connectivity index (χ0v) is 47.1. The highest BCUT2D eigenvalue weighted by Crippen LogP contribution is 2.15. The number of hydrogen-bond donors (Lipinski definition) is 5. The van der Waals surface area contributed by atoms with Gasteiger partial charge in [-0.1, -0.05) is 291 Å². The third-order valence-corrected chi connectivity index (χ3v) is 12.5. The molecule has 0 atom stereocenters. The van der Waals surface area contributed by atoms with E-state index in [0.29, 0.717) is 32.1 Å². The molecular formula is C60H120O10. The highest BCUT2D eigenvalue weighted by atomic mass is 16.4. The zero-order valence-electron chi connectivity index (χ0n) is 47.1. The molecule has 0 aromatic rings. The fourth-order valence-electron chi connectivity index (χ4n) is 7.93. The number of carbonyl (C=O) groups is 5. The average molecular weight is 1000 g/mol. The van der Waals surface area contributed by atoms with E-state index >= 15 is 0 Å². The number of rotatable bonds is 50. The van der Waals surface area contributed by atoms with Gasteiger partial charge < -0.3 is 25.5 Å². The summed E-state index contributed by atoms with van der Waals surface area (Å²) in [5, 5.41) is 42.0. The summed E-state index contributed by atoms with van der Waals surface area (Å²) in [6.45, 7) is 11.1. The Morgan fingerprint density at radius 2 is 0.257 bits per heavy atom. The summed E-state index contributed by atoms with van der Waals surface area (Å²) >= 11 is 0. The largest absolute Gasteiger partial charge is 0.481 e. The van der Waals surface area contributed by atoms with Crippen LogP contribution in [-0.4, -0.2) is 55.4 Å². The molecule has 70 heavy (non-hydrogen) atoms. The van der Waals surface area contributed by atoms with E-state index in [2.05, 4.69) is 34.6 Å². The van der Waals surface area contributed by atoms with Crippen LogP contribution in [0, 0.1) is 0 Å². The lowest BCUT2D eigenvalue weighted by Crippen LogP contribution is -1.93. The Balaban J connectivity index is -0.000000255. The van der Waals surface area contributed by atoms with Gasteiger partial charge in [0, 0.05) is 32.1 Å². The molecule has 5 N–H and O–H groups in total. The van der Waals surface area contributed by atoms with Crippen molar-refractivity contribution in [3.63, 3.8) is 0 Å². The lowest BCUT2D eigenvalue weighted by atomic mass is 10.0. The predicted molar refractivity (Wildman–Crippen MR) is 297 cm³/mol. The van der Waals surface area contributed by atoms with Crippen LogP contribution >= 0.6 is 0 Å². The molecule has 0 rings (SSSR count). The van der Waals surface area contributed by atoms with Crippen LogP contribution in [0.15, 0.2) is 0 Å². The topological polar surface area (TPSA) is 186 Å². The number of unbranched alkanes of at least 4 members (excludes halogenated alkanes) is 40. The SMILES string of the molecule is CCCCCCCC(=O)O.CCCCCCCCCC(=O)O.CCCCCCCCCCCC(=O)O.CCCCCCCCCCCCCC(=O)O.CCCCCCCCCCCCCCCC(=O)O. The van der Waals surface area contributed by atoms with Gasteiger partial charge in [-0.15, -0.1) is 0 Å². The molecular weight excluding hydrogens is 881 g/mol. The Hall–Kier alpha value is -2.65. The molecule has 0 bridgehead atoms. The molecule has 0 spiro atoms.